The molecule has 2 aromatic carbocycles. The van der Waals surface area contributed by atoms with Gasteiger partial charge in [-0.15, -0.1) is 11.3 Å². The number of carbonyl (C=O) groups is 1. The number of aromatic nitrogens is 1. The van der Waals surface area contributed by atoms with Crippen LogP contribution in [-0.2, 0) is 6.61 Å². The molecule has 3 aromatic rings. The van der Waals surface area contributed by atoms with Crippen molar-refractivity contribution < 1.29 is 19.0 Å². The third kappa shape index (κ3) is 4.26. The maximum Gasteiger partial charge on any atom is 0.254 e. The molecule has 1 fully saturated rings. The van der Waals surface area contributed by atoms with Gasteiger partial charge in [-0.2, -0.15) is 0 Å². The number of carbonyl (C=O) groups excluding carboxylic acids is 1. The Morgan fingerprint density at radius 2 is 1.93 bits per heavy atom. The fourth-order valence-corrected chi connectivity index (χ4v) is 4.29. The minimum Gasteiger partial charge on any atom is -0.493 e. The van der Waals surface area contributed by atoms with Crippen molar-refractivity contribution in [3.63, 3.8) is 0 Å². The van der Waals surface area contributed by atoms with Crippen LogP contribution in [0.3, 0.4) is 0 Å². The van der Waals surface area contributed by atoms with Gasteiger partial charge in [0, 0.05) is 17.5 Å². The number of hydrogen-bond acceptors (Lipinski definition) is 6. The molecule has 0 saturated carbocycles. The van der Waals surface area contributed by atoms with Gasteiger partial charge in [-0.3, -0.25) is 4.79 Å². The van der Waals surface area contributed by atoms with E-state index in [1.807, 2.05) is 52.7 Å². The first kappa shape index (κ1) is 20.2. The van der Waals surface area contributed by atoms with Crippen LogP contribution in [0.4, 0.5) is 0 Å². The Balaban J connectivity index is 1.47. The van der Waals surface area contributed by atoms with E-state index in [2.05, 4.69) is 4.98 Å². The molecule has 1 atom stereocenters. The van der Waals surface area contributed by atoms with E-state index in [0.717, 1.165) is 36.4 Å². The Morgan fingerprint density at radius 3 is 2.63 bits per heavy atom. The molecule has 156 valence electrons. The molecule has 0 bridgehead atoms. The number of thiazole rings is 1. The van der Waals surface area contributed by atoms with Gasteiger partial charge >= 0.3 is 0 Å². The molecule has 2 heterocycles. The van der Waals surface area contributed by atoms with Crippen LogP contribution in [0.2, 0.25) is 0 Å². The Kier molecular flexibility index (Phi) is 6.18. The summed E-state index contributed by atoms with van der Waals surface area (Å²) in [6.07, 6.45) is 1.90. The fraction of sp³-hybridized carbons (Fsp3) is 0.304. The van der Waals surface area contributed by atoms with Crippen molar-refractivity contribution in [1.29, 1.82) is 0 Å². The van der Waals surface area contributed by atoms with Gasteiger partial charge in [0.25, 0.3) is 5.91 Å². The van der Waals surface area contributed by atoms with Crippen molar-refractivity contribution in [2.75, 3.05) is 20.8 Å². The molecule has 0 N–H and O–H groups in total. The third-order valence-electron chi connectivity index (χ3n) is 5.28. The molecule has 0 aliphatic carbocycles. The van der Waals surface area contributed by atoms with E-state index in [1.165, 1.54) is 0 Å². The smallest absolute Gasteiger partial charge is 0.254 e. The van der Waals surface area contributed by atoms with Crippen LogP contribution in [0.5, 0.6) is 17.2 Å². The van der Waals surface area contributed by atoms with Crippen molar-refractivity contribution in [2.45, 2.75) is 25.5 Å². The van der Waals surface area contributed by atoms with Crippen molar-refractivity contribution in [3.8, 4) is 17.2 Å². The first-order valence-electron chi connectivity index (χ1n) is 9.82. The Morgan fingerprint density at radius 1 is 1.13 bits per heavy atom. The molecule has 1 aliphatic heterocycles. The van der Waals surface area contributed by atoms with Crippen LogP contribution in [0.25, 0.3) is 0 Å². The maximum absolute atomic E-state index is 13.2. The Labute approximate surface area is 180 Å². The number of nitrogens with zero attached hydrogens (tertiary/aromatic N) is 2. The lowest BCUT2D eigenvalue weighted by molar-refractivity contribution is 0.0735. The molecule has 30 heavy (non-hydrogen) atoms. The summed E-state index contributed by atoms with van der Waals surface area (Å²) in [4.78, 5) is 19.3. The van der Waals surface area contributed by atoms with E-state index < -0.39 is 0 Å². The quantitative estimate of drug-likeness (QED) is 0.549. The Hall–Kier alpha value is -3.06. The number of amides is 1. The molecule has 6 nitrogen and oxygen atoms in total. The zero-order valence-corrected chi connectivity index (χ0v) is 17.9. The summed E-state index contributed by atoms with van der Waals surface area (Å²) in [7, 11) is 3.24. The van der Waals surface area contributed by atoms with Crippen molar-refractivity contribution in [3.05, 3.63) is 70.2 Å². The van der Waals surface area contributed by atoms with Crippen LogP contribution < -0.4 is 14.2 Å². The predicted molar refractivity (Wildman–Crippen MR) is 115 cm³/mol. The first-order chi connectivity index (χ1) is 14.7. The zero-order valence-electron chi connectivity index (χ0n) is 17.0. The molecule has 1 aliphatic rings. The number of likely N-dealkylation sites (tertiary alicyclic amines) is 1. The van der Waals surface area contributed by atoms with Crippen molar-refractivity contribution >= 4 is 17.2 Å². The van der Waals surface area contributed by atoms with Gasteiger partial charge in [-0.1, -0.05) is 6.07 Å². The number of ether oxygens (including phenoxy) is 3. The van der Waals surface area contributed by atoms with E-state index >= 15 is 0 Å². The molecule has 1 amide bonds. The van der Waals surface area contributed by atoms with E-state index in [0.29, 0.717) is 23.7 Å². The van der Waals surface area contributed by atoms with Crippen molar-refractivity contribution in [1.82, 2.24) is 9.88 Å². The third-order valence-corrected chi connectivity index (χ3v) is 5.91. The number of benzene rings is 2. The summed E-state index contributed by atoms with van der Waals surface area (Å²) in [5, 5.41) is 1.96. The zero-order chi connectivity index (χ0) is 20.9. The van der Waals surface area contributed by atoms with Gasteiger partial charge in [0.05, 0.1) is 31.5 Å². The normalized spacial score (nSPS) is 15.8. The molecule has 1 aromatic heterocycles. The molecule has 1 unspecified atom stereocenters. The second kappa shape index (κ2) is 9.17. The number of rotatable bonds is 7. The summed E-state index contributed by atoms with van der Waals surface area (Å²) in [6, 6.07) is 13.2. The molecule has 4 rings (SSSR count). The molecule has 0 radical (unpaired) electrons. The molecule has 1 saturated heterocycles. The summed E-state index contributed by atoms with van der Waals surface area (Å²) in [6.45, 7) is 1.16. The highest BCUT2D eigenvalue weighted by Crippen LogP contribution is 2.37. The van der Waals surface area contributed by atoms with E-state index in [9.17, 15) is 4.79 Å². The SMILES string of the molecule is COc1ccc(C2CCCN2C(=O)c2ccc(OCc3cscn3)cc2)cc1OC. The average molecular weight is 425 g/mol. The van der Waals surface area contributed by atoms with Gasteiger partial charge in [-0.05, 0) is 54.8 Å². The minimum atomic E-state index is 0.0258. The highest BCUT2D eigenvalue weighted by molar-refractivity contribution is 7.07. The van der Waals surface area contributed by atoms with E-state index in [-0.39, 0.29) is 11.9 Å². The van der Waals surface area contributed by atoms with Gasteiger partial charge in [0.15, 0.2) is 11.5 Å². The second-order valence-electron chi connectivity index (χ2n) is 7.06. The lowest BCUT2D eigenvalue weighted by atomic mass is 10.0. The second-order valence-corrected chi connectivity index (χ2v) is 7.78. The standard InChI is InChI=1S/C23H24N2O4S/c1-27-21-10-7-17(12-22(21)28-2)20-4-3-11-25(20)23(26)16-5-8-19(9-6-16)29-13-18-14-30-15-24-18/h5-10,12,14-15,20H,3-4,11,13H2,1-2H3. The minimum absolute atomic E-state index is 0.0258. The molecular weight excluding hydrogens is 400 g/mol. The van der Waals surface area contributed by atoms with Crippen LogP contribution in [0, 0.1) is 0 Å². The summed E-state index contributed by atoms with van der Waals surface area (Å²) < 4.78 is 16.5. The summed E-state index contributed by atoms with van der Waals surface area (Å²) in [5.74, 6) is 2.11. The topological polar surface area (TPSA) is 60.9 Å². The van der Waals surface area contributed by atoms with Gasteiger partial charge in [0.1, 0.15) is 12.4 Å². The van der Waals surface area contributed by atoms with Crippen LogP contribution in [-0.4, -0.2) is 36.6 Å². The monoisotopic (exact) mass is 424 g/mol. The fourth-order valence-electron chi connectivity index (χ4n) is 3.74. The highest BCUT2D eigenvalue weighted by Gasteiger charge is 2.31. The van der Waals surface area contributed by atoms with Crippen molar-refractivity contribution in [2.24, 2.45) is 0 Å². The number of methoxy groups -OCH3 is 2. The van der Waals surface area contributed by atoms with Crippen LogP contribution in [0.1, 0.15) is 40.5 Å². The number of hydrogen-bond donors (Lipinski definition) is 0. The predicted octanol–water partition coefficient (Wildman–Crippen LogP) is 4.72. The summed E-state index contributed by atoms with van der Waals surface area (Å²) >= 11 is 1.54. The molecule has 0 spiro atoms. The van der Waals surface area contributed by atoms with Gasteiger partial charge in [0.2, 0.25) is 0 Å². The highest BCUT2D eigenvalue weighted by atomic mass is 32.1. The molecule has 7 heteroatoms. The van der Waals surface area contributed by atoms with Crippen LogP contribution in [0.15, 0.2) is 53.4 Å². The molecular formula is C23H24N2O4S. The van der Waals surface area contributed by atoms with Gasteiger partial charge < -0.3 is 19.1 Å². The lowest BCUT2D eigenvalue weighted by Gasteiger charge is -2.26. The van der Waals surface area contributed by atoms with E-state index in [1.54, 1.807) is 31.1 Å². The van der Waals surface area contributed by atoms with E-state index in [4.69, 9.17) is 14.2 Å². The summed E-state index contributed by atoms with van der Waals surface area (Å²) in [5.41, 5.74) is 4.39. The average Bonchev–Trinajstić information content (AvgIpc) is 3.49. The maximum atomic E-state index is 13.2. The lowest BCUT2D eigenvalue weighted by Crippen LogP contribution is -2.30. The Bertz CT molecular complexity index is 989. The van der Waals surface area contributed by atoms with Gasteiger partial charge in [-0.25, -0.2) is 4.98 Å². The first-order valence-corrected chi connectivity index (χ1v) is 10.8. The largest absolute Gasteiger partial charge is 0.493 e. The van der Waals surface area contributed by atoms with Crippen LogP contribution >= 0.6 is 11.3 Å².